The average molecular weight is 193 g/mol. The van der Waals surface area contributed by atoms with Gasteiger partial charge in [-0.1, -0.05) is 13.8 Å². The van der Waals surface area contributed by atoms with E-state index in [-0.39, 0.29) is 0 Å². The van der Waals surface area contributed by atoms with Gasteiger partial charge in [-0.3, -0.25) is 0 Å². The molecule has 14 heavy (non-hydrogen) atoms. The number of aromatic nitrogens is 1. The average Bonchev–Trinajstić information content (AvgIpc) is 2.12. The molecule has 0 bridgehead atoms. The molecule has 0 aliphatic carbocycles. The van der Waals surface area contributed by atoms with Crippen LogP contribution in [-0.4, -0.2) is 11.5 Å². The highest BCUT2D eigenvalue weighted by atomic mass is 15.0. The molecule has 3 nitrogen and oxygen atoms in total. The molecule has 0 saturated heterocycles. The van der Waals surface area contributed by atoms with E-state index in [9.17, 15) is 0 Å². The molecule has 0 fully saturated rings. The van der Waals surface area contributed by atoms with E-state index in [2.05, 4.69) is 24.1 Å². The molecule has 0 aliphatic rings. The van der Waals surface area contributed by atoms with Gasteiger partial charge in [-0.25, -0.2) is 4.98 Å². The van der Waals surface area contributed by atoms with Gasteiger partial charge in [0.05, 0.1) is 0 Å². The van der Waals surface area contributed by atoms with Crippen LogP contribution in [-0.2, 0) is 0 Å². The van der Waals surface area contributed by atoms with E-state index in [1.165, 1.54) is 12.8 Å². The van der Waals surface area contributed by atoms with Gasteiger partial charge in [0.15, 0.2) is 0 Å². The van der Waals surface area contributed by atoms with Crippen molar-refractivity contribution in [3.63, 3.8) is 0 Å². The SMILES string of the molecule is CC(C)CCCNc1cc(N)ccn1. The van der Waals surface area contributed by atoms with Crippen molar-refractivity contribution in [1.29, 1.82) is 0 Å². The first kappa shape index (κ1) is 10.8. The van der Waals surface area contributed by atoms with Crippen LogP contribution in [0, 0.1) is 5.92 Å². The van der Waals surface area contributed by atoms with Crippen molar-refractivity contribution in [3.05, 3.63) is 18.3 Å². The minimum atomic E-state index is 0.756. The van der Waals surface area contributed by atoms with Crippen LogP contribution in [0.3, 0.4) is 0 Å². The van der Waals surface area contributed by atoms with E-state index in [1.54, 1.807) is 12.3 Å². The first-order valence-electron chi connectivity index (χ1n) is 5.14. The van der Waals surface area contributed by atoms with E-state index in [1.807, 2.05) is 6.07 Å². The number of anilines is 2. The van der Waals surface area contributed by atoms with E-state index in [4.69, 9.17) is 5.73 Å². The second-order valence-corrected chi connectivity index (χ2v) is 3.94. The van der Waals surface area contributed by atoms with Gasteiger partial charge in [-0.2, -0.15) is 0 Å². The van der Waals surface area contributed by atoms with Crippen molar-refractivity contribution in [3.8, 4) is 0 Å². The summed E-state index contributed by atoms with van der Waals surface area (Å²) in [4.78, 5) is 4.17. The monoisotopic (exact) mass is 193 g/mol. The van der Waals surface area contributed by atoms with Crippen molar-refractivity contribution in [1.82, 2.24) is 4.98 Å². The molecule has 0 radical (unpaired) electrons. The van der Waals surface area contributed by atoms with Gasteiger partial charge >= 0.3 is 0 Å². The summed E-state index contributed by atoms with van der Waals surface area (Å²) in [6.45, 7) is 5.44. The maximum atomic E-state index is 5.63. The first-order valence-corrected chi connectivity index (χ1v) is 5.14. The van der Waals surface area contributed by atoms with E-state index < -0.39 is 0 Å². The van der Waals surface area contributed by atoms with Gasteiger partial charge in [0.25, 0.3) is 0 Å². The Balaban J connectivity index is 2.25. The molecular weight excluding hydrogens is 174 g/mol. The highest BCUT2D eigenvalue weighted by Crippen LogP contribution is 2.09. The van der Waals surface area contributed by atoms with Gasteiger partial charge < -0.3 is 11.1 Å². The van der Waals surface area contributed by atoms with E-state index in [0.717, 1.165) is 24.0 Å². The Morgan fingerprint density at radius 1 is 1.50 bits per heavy atom. The van der Waals surface area contributed by atoms with Gasteiger partial charge in [0, 0.05) is 24.5 Å². The lowest BCUT2D eigenvalue weighted by molar-refractivity contribution is 0.566. The predicted molar refractivity (Wildman–Crippen MR) is 61.2 cm³/mol. The minimum absolute atomic E-state index is 0.756. The summed E-state index contributed by atoms with van der Waals surface area (Å²) in [6, 6.07) is 3.65. The van der Waals surface area contributed by atoms with Gasteiger partial charge in [0.1, 0.15) is 5.82 Å². The van der Waals surface area contributed by atoms with Gasteiger partial charge in [0.2, 0.25) is 0 Å². The van der Waals surface area contributed by atoms with Crippen LogP contribution in [0.25, 0.3) is 0 Å². The number of nitrogens with two attached hydrogens (primary N) is 1. The van der Waals surface area contributed by atoms with E-state index >= 15 is 0 Å². The highest BCUT2D eigenvalue weighted by Gasteiger charge is 1.95. The lowest BCUT2D eigenvalue weighted by Crippen LogP contribution is -2.04. The van der Waals surface area contributed by atoms with Crippen LogP contribution in [0.2, 0.25) is 0 Å². The van der Waals surface area contributed by atoms with Crippen molar-refractivity contribution < 1.29 is 0 Å². The molecule has 3 heteroatoms. The normalized spacial score (nSPS) is 10.5. The quantitative estimate of drug-likeness (QED) is 0.706. The molecule has 78 valence electrons. The van der Waals surface area contributed by atoms with Crippen LogP contribution in [0.1, 0.15) is 26.7 Å². The molecule has 1 heterocycles. The summed E-state index contributed by atoms with van der Waals surface area (Å²) in [7, 11) is 0. The standard InChI is InChI=1S/C11H19N3/c1-9(2)4-3-6-13-11-8-10(12)5-7-14-11/h5,7-9H,3-4,6H2,1-2H3,(H3,12,13,14). The maximum Gasteiger partial charge on any atom is 0.127 e. The van der Waals surface area contributed by atoms with Crippen LogP contribution in [0.15, 0.2) is 18.3 Å². The fourth-order valence-corrected chi connectivity index (χ4v) is 1.27. The predicted octanol–water partition coefficient (Wildman–Crippen LogP) is 2.51. The Labute approximate surface area is 85.7 Å². The van der Waals surface area contributed by atoms with E-state index in [0.29, 0.717) is 0 Å². The number of nitrogens with one attached hydrogen (secondary N) is 1. The van der Waals surface area contributed by atoms with Crippen LogP contribution in [0.5, 0.6) is 0 Å². The second kappa shape index (κ2) is 5.47. The Bertz CT molecular complexity index is 271. The third-order valence-corrected chi connectivity index (χ3v) is 2.05. The second-order valence-electron chi connectivity index (χ2n) is 3.94. The number of pyridine rings is 1. The largest absolute Gasteiger partial charge is 0.399 e. The third kappa shape index (κ3) is 4.12. The first-order chi connectivity index (χ1) is 6.68. The Kier molecular flexibility index (Phi) is 4.23. The molecular formula is C11H19N3. The zero-order valence-corrected chi connectivity index (χ0v) is 8.96. The molecule has 0 atom stereocenters. The van der Waals surface area contributed by atoms with Gasteiger partial charge in [-0.15, -0.1) is 0 Å². The molecule has 0 spiro atoms. The molecule has 3 N–H and O–H groups in total. The maximum absolute atomic E-state index is 5.63. The lowest BCUT2D eigenvalue weighted by Gasteiger charge is -2.07. The number of nitrogens with zero attached hydrogens (tertiary/aromatic N) is 1. The summed E-state index contributed by atoms with van der Waals surface area (Å²) in [6.07, 6.45) is 4.14. The number of hydrogen-bond donors (Lipinski definition) is 2. The third-order valence-electron chi connectivity index (χ3n) is 2.05. The summed E-state index contributed by atoms with van der Waals surface area (Å²) in [5.74, 6) is 1.64. The molecule has 0 unspecified atom stereocenters. The van der Waals surface area contributed by atoms with Crippen molar-refractivity contribution in [2.75, 3.05) is 17.6 Å². The Morgan fingerprint density at radius 3 is 2.93 bits per heavy atom. The number of rotatable bonds is 5. The zero-order chi connectivity index (χ0) is 10.4. The molecule has 0 saturated carbocycles. The van der Waals surface area contributed by atoms with Gasteiger partial charge in [-0.05, 0) is 24.8 Å². The van der Waals surface area contributed by atoms with Crippen LogP contribution in [0.4, 0.5) is 11.5 Å². The van der Waals surface area contributed by atoms with Crippen molar-refractivity contribution in [2.45, 2.75) is 26.7 Å². The van der Waals surface area contributed by atoms with Crippen molar-refractivity contribution >= 4 is 11.5 Å². The summed E-state index contributed by atoms with van der Waals surface area (Å²) in [5.41, 5.74) is 6.39. The molecule has 1 aromatic rings. The molecule has 0 aliphatic heterocycles. The fraction of sp³-hybridized carbons (Fsp3) is 0.545. The Morgan fingerprint density at radius 2 is 2.29 bits per heavy atom. The highest BCUT2D eigenvalue weighted by molar-refractivity contribution is 5.48. The molecule has 1 rings (SSSR count). The Hall–Kier alpha value is -1.25. The van der Waals surface area contributed by atoms with Crippen LogP contribution < -0.4 is 11.1 Å². The molecule has 1 aromatic heterocycles. The lowest BCUT2D eigenvalue weighted by atomic mass is 10.1. The van der Waals surface area contributed by atoms with Crippen molar-refractivity contribution in [2.24, 2.45) is 5.92 Å². The summed E-state index contributed by atoms with van der Waals surface area (Å²) >= 11 is 0. The smallest absolute Gasteiger partial charge is 0.127 e. The summed E-state index contributed by atoms with van der Waals surface area (Å²) < 4.78 is 0. The zero-order valence-electron chi connectivity index (χ0n) is 8.96. The topological polar surface area (TPSA) is 50.9 Å². The minimum Gasteiger partial charge on any atom is -0.399 e. The fourth-order valence-electron chi connectivity index (χ4n) is 1.27. The number of hydrogen-bond acceptors (Lipinski definition) is 3. The number of nitrogen functional groups attached to an aromatic ring is 1. The molecule has 0 aromatic carbocycles. The van der Waals surface area contributed by atoms with Crippen LogP contribution >= 0.6 is 0 Å². The summed E-state index contributed by atoms with van der Waals surface area (Å²) in [5, 5.41) is 3.25. The molecule has 0 amide bonds.